The fraction of sp³-hybridized carbons (Fsp3) is 0.194. The summed E-state index contributed by atoms with van der Waals surface area (Å²) < 4.78 is 17.5. The van der Waals surface area contributed by atoms with E-state index in [0.717, 1.165) is 28.1 Å². The summed E-state index contributed by atoms with van der Waals surface area (Å²) in [6.45, 7) is 7.04. The smallest absolute Gasteiger partial charge is 0.268 e. The fourth-order valence-electron chi connectivity index (χ4n) is 3.72. The van der Waals surface area contributed by atoms with Crippen molar-refractivity contribution < 1.29 is 19.0 Å². The van der Waals surface area contributed by atoms with E-state index in [1.54, 1.807) is 18.2 Å². The van der Waals surface area contributed by atoms with Gasteiger partial charge >= 0.3 is 0 Å². The van der Waals surface area contributed by atoms with E-state index < -0.39 is 5.91 Å². The van der Waals surface area contributed by atoms with Crippen LogP contribution in [0.2, 0.25) is 0 Å². The number of nitrogens with zero attached hydrogens (tertiary/aromatic N) is 2. The van der Waals surface area contributed by atoms with Crippen molar-refractivity contribution in [2.24, 2.45) is 0 Å². The molecule has 0 spiro atoms. The minimum atomic E-state index is -0.534. The molecular formula is C31H29N3O4S. The zero-order valence-corrected chi connectivity index (χ0v) is 22.9. The molecule has 8 heteroatoms. The molecular weight excluding hydrogens is 510 g/mol. The lowest BCUT2D eigenvalue weighted by atomic mass is 10.1. The maximum Gasteiger partial charge on any atom is 0.268 e. The summed E-state index contributed by atoms with van der Waals surface area (Å²) in [5, 5.41) is 14.7. The molecule has 0 saturated carbocycles. The van der Waals surface area contributed by atoms with Crippen LogP contribution < -0.4 is 19.5 Å². The van der Waals surface area contributed by atoms with Crippen LogP contribution >= 0.6 is 11.3 Å². The standard InChI is InChI=1S/C31H29N3O4S/c1-4-36-29-18-23(12-13-27(29)37-14-15-38-28-16-21(2)10-11-22(28)3)17-25(19-32)30(35)34-31-33-26(20-39-31)24-8-6-5-7-9-24/h5-13,16-18,20H,4,14-15H2,1-3H3,(H,33,34,35). The third-order valence-corrected chi connectivity index (χ3v) is 6.44. The van der Waals surface area contributed by atoms with Crippen molar-refractivity contribution in [1.82, 2.24) is 4.98 Å². The Balaban J connectivity index is 1.41. The van der Waals surface area contributed by atoms with Gasteiger partial charge in [0.15, 0.2) is 16.6 Å². The first kappa shape index (κ1) is 27.4. The normalized spacial score (nSPS) is 11.0. The molecule has 3 aromatic carbocycles. The predicted octanol–water partition coefficient (Wildman–Crippen LogP) is 6.83. The van der Waals surface area contributed by atoms with Gasteiger partial charge in [-0.05, 0) is 61.7 Å². The average molecular weight is 540 g/mol. The lowest BCUT2D eigenvalue weighted by molar-refractivity contribution is -0.112. The van der Waals surface area contributed by atoms with Gasteiger partial charge in [0.1, 0.15) is 30.6 Å². The number of rotatable bonds is 11. The Morgan fingerprint density at radius 2 is 1.74 bits per heavy atom. The lowest BCUT2D eigenvalue weighted by Crippen LogP contribution is -2.13. The molecule has 0 aliphatic carbocycles. The van der Waals surface area contributed by atoms with Crippen molar-refractivity contribution in [3.05, 3.63) is 94.4 Å². The van der Waals surface area contributed by atoms with Crippen molar-refractivity contribution in [2.75, 3.05) is 25.1 Å². The highest BCUT2D eigenvalue weighted by atomic mass is 32.1. The van der Waals surface area contributed by atoms with Gasteiger partial charge in [-0.1, -0.05) is 48.5 Å². The number of hydrogen-bond acceptors (Lipinski definition) is 7. The number of carbonyl (C=O) groups excluding carboxylic acids is 1. The van der Waals surface area contributed by atoms with E-state index in [2.05, 4.69) is 10.3 Å². The molecule has 1 heterocycles. The Kier molecular flexibility index (Phi) is 9.33. The van der Waals surface area contributed by atoms with Crippen LogP contribution in [0.3, 0.4) is 0 Å². The summed E-state index contributed by atoms with van der Waals surface area (Å²) in [4.78, 5) is 17.3. The molecule has 1 aromatic heterocycles. The Labute approximate surface area is 232 Å². The Morgan fingerprint density at radius 3 is 2.49 bits per heavy atom. The third kappa shape index (κ3) is 7.46. The van der Waals surface area contributed by atoms with E-state index in [1.165, 1.54) is 17.4 Å². The first-order chi connectivity index (χ1) is 19.0. The van der Waals surface area contributed by atoms with Gasteiger partial charge in [0.2, 0.25) is 0 Å². The molecule has 0 aliphatic heterocycles. The molecule has 1 amide bonds. The van der Waals surface area contributed by atoms with Gasteiger partial charge in [-0.3, -0.25) is 10.1 Å². The number of benzene rings is 3. The van der Waals surface area contributed by atoms with Crippen LogP contribution in [0.15, 0.2) is 77.7 Å². The summed E-state index contributed by atoms with van der Waals surface area (Å²) in [7, 11) is 0. The van der Waals surface area contributed by atoms with Crippen LogP contribution in [0.5, 0.6) is 17.2 Å². The average Bonchev–Trinajstić information content (AvgIpc) is 3.41. The maximum atomic E-state index is 12.8. The molecule has 0 aliphatic rings. The Hall–Kier alpha value is -4.61. The second-order valence-electron chi connectivity index (χ2n) is 8.63. The van der Waals surface area contributed by atoms with Gasteiger partial charge in [0.25, 0.3) is 5.91 Å². The summed E-state index contributed by atoms with van der Waals surface area (Å²) in [6.07, 6.45) is 1.51. The van der Waals surface area contributed by atoms with Crippen molar-refractivity contribution in [3.8, 4) is 34.6 Å². The summed E-state index contributed by atoms with van der Waals surface area (Å²) in [5.41, 5.74) is 4.49. The molecule has 198 valence electrons. The van der Waals surface area contributed by atoms with Gasteiger partial charge in [-0.2, -0.15) is 5.26 Å². The van der Waals surface area contributed by atoms with Crippen molar-refractivity contribution in [3.63, 3.8) is 0 Å². The number of aromatic nitrogens is 1. The zero-order chi connectivity index (χ0) is 27.6. The minimum Gasteiger partial charge on any atom is -0.490 e. The summed E-state index contributed by atoms with van der Waals surface area (Å²) >= 11 is 1.30. The Bertz CT molecular complexity index is 1510. The topological polar surface area (TPSA) is 93.5 Å². The first-order valence-electron chi connectivity index (χ1n) is 12.5. The molecule has 0 unspecified atom stereocenters. The van der Waals surface area contributed by atoms with Crippen LogP contribution in [0.4, 0.5) is 5.13 Å². The van der Waals surface area contributed by atoms with E-state index in [1.807, 2.05) is 80.8 Å². The fourth-order valence-corrected chi connectivity index (χ4v) is 4.44. The number of nitrogens with one attached hydrogen (secondary N) is 1. The van der Waals surface area contributed by atoms with Crippen LogP contribution in [0.1, 0.15) is 23.6 Å². The first-order valence-corrected chi connectivity index (χ1v) is 13.4. The predicted molar refractivity (Wildman–Crippen MR) is 154 cm³/mol. The van der Waals surface area contributed by atoms with Crippen LogP contribution in [0, 0.1) is 25.2 Å². The Morgan fingerprint density at radius 1 is 0.974 bits per heavy atom. The molecule has 0 radical (unpaired) electrons. The van der Waals surface area contributed by atoms with Crippen molar-refractivity contribution in [1.29, 1.82) is 5.26 Å². The second-order valence-corrected chi connectivity index (χ2v) is 9.49. The molecule has 0 saturated heterocycles. The number of nitriles is 1. The van der Waals surface area contributed by atoms with Gasteiger partial charge < -0.3 is 14.2 Å². The molecule has 7 nitrogen and oxygen atoms in total. The van der Waals surface area contributed by atoms with Gasteiger partial charge in [0, 0.05) is 10.9 Å². The van der Waals surface area contributed by atoms with Gasteiger partial charge in [-0.15, -0.1) is 11.3 Å². The highest BCUT2D eigenvalue weighted by Gasteiger charge is 2.14. The van der Waals surface area contributed by atoms with Gasteiger partial charge in [-0.25, -0.2) is 4.98 Å². The summed E-state index contributed by atoms with van der Waals surface area (Å²) in [6, 6.07) is 23.0. The molecule has 0 bridgehead atoms. The third-order valence-electron chi connectivity index (χ3n) is 5.68. The van der Waals surface area contributed by atoms with E-state index >= 15 is 0 Å². The second kappa shape index (κ2) is 13.3. The molecule has 0 atom stereocenters. The van der Waals surface area contributed by atoms with Crippen molar-refractivity contribution >= 4 is 28.5 Å². The number of carbonyl (C=O) groups is 1. The molecule has 0 fully saturated rings. The summed E-state index contributed by atoms with van der Waals surface area (Å²) in [5.74, 6) is 1.37. The van der Waals surface area contributed by atoms with E-state index in [-0.39, 0.29) is 5.57 Å². The highest BCUT2D eigenvalue weighted by molar-refractivity contribution is 7.14. The van der Waals surface area contributed by atoms with E-state index in [4.69, 9.17) is 14.2 Å². The van der Waals surface area contributed by atoms with E-state index in [0.29, 0.717) is 42.0 Å². The number of ether oxygens (including phenoxy) is 3. The highest BCUT2D eigenvalue weighted by Crippen LogP contribution is 2.30. The monoisotopic (exact) mass is 539 g/mol. The van der Waals surface area contributed by atoms with Gasteiger partial charge in [0.05, 0.1) is 12.3 Å². The quantitative estimate of drug-likeness (QED) is 0.128. The maximum absolute atomic E-state index is 12.8. The van der Waals surface area contributed by atoms with Crippen molar-refractivity contribution in [2.45, 2.75) is 20.8 Å². The minimum absolute atomic E-state index is 0.0514. The number of amides is 1. The molecule has 4 rings (SSSR count). The van der Waals surface area contributed by atoms with E-state index in [9.17, 15) is 10.1 Å². The number of hydrogen-bond donors (Lipinski definition) is 1. The largest absolute Gasteiger partial charge is 0.490 e. The SMILES string of the molecule is CCOc1cc(C=C(C#N)C(=O)Nc2nc(-c3ccccc3)cs2)ccc1OCCOc1cc(C)ccc1C. The number of anilines is 1. The molecule has 4 aromatic rings. The molecule has 1 N–H and O–H groups in total. The number of aryl methyl sites for hydroxylation is 2. The van der Waals surface area contributed by atoms with Crippen LogP contribution in [-0.2, 0) is 4.79 Å². The van der Waals surface area contributed by atoms with Crippen LogP contribution in [0.25, 0.3) is 17.3 Å². The molecule has 39 heavy (non-hydrogen) atoms. The zero-order valence-electron chi connectivity index (χ0n) is 22.1. The number of thiazole rings is 1. The van der Waals surface area contributed by atoms with Crippen LogP contribution in [-0.4, -0.2) is 30.7 Å². The lowest BCUT2D eigenvalue weighted by Gasteiger charge is -2.14.